The van der Waals surface area contributed by atoms with Gasteiger partial charge in [0.1, 0.15) is 12.4 Å². The van der Waals surface area contributed by atoms with Crippen molar-refractivity contribution in [3.63, 3.8) is 0 Å². The fourth-order valence-corrected chi connectivity index (χ4v) is 2.57. The Morgan fingerprint density at radius 3 is 2.83 bits per heavy atom. The Morgan fingerprint density at radius 1 is 1.29 bits per heavy atom. The van der Waals surface area contributed by atoms with Crippen LogP contribution in [0, 0.1) is 0 Å². The summed E-state index contributed by atoms with van der Waals surface area (Å²) in [6.07, 6.45) is 9.04. The number of carbonyl (C=O) groups is 1. The smallest absolute Gasteiger partial charge is 0.247 e. The van der Waals surface area contributed by atoms with Gasteiger partial charge in [0.15, 0.2) is 0 Å². The van der Waals surface area contributed by atoms with E-state index in [4.69, 9.17) is 0 Å². The van der Waals surface area contributed by atoms with E-state index >= 15 is 0 Å². The predicted octanol–water partition coefficient (Wildman–Crippen LogP) is 2.27. The van der Waals surface area contributed by atoms with Crippen molar-refractivity contribution in [3.05, 3.63) is 48.5 Å². The Bertz CT molecular complexity index is 821. The molecule has 0 spiro atoms. The highest BCUT2D eigenvalue weighted by Gasteiger charge is 2.13. The van der Waals surface area contributed by atoms with E-state index in [-0.39, 0.29) is 12.5 Å². The van der Waals surface area contributed by atoms with E-state index < -0.39 is 0 Å². The number of carbonyl (C=O) groups excluding carboxylic acids is 1. The van der Waals surface area contributed by atoms with Gasteiger partial charge in [-0.15, -0.1) is 0 Å². The van der Waals surface area contributed by atoms with E-state index in [0.717, 1.165) is 29.7 Å². The maximum atomic E-state index is 12.2. The Balaban J connectivity index is 1.79. The van der Waals surface area contributed by atoms with E-state index in [1.54, 1.807) is 41.1 Å². The number of nitrogens with one attached hydrogen (secondary N) is 1. The molecule has 3 aromatic rings. The standard InChI is InChI=1S/C17H20N6O/c1-3-5-14-11-23(21-17(14)13-6-4-8-18-10-13)12-16(24)20-15-7-9-19-22(15)2/h4,6-11H,3,5,12H2,1-2H3,(H,20,24). The van der Waals surface area contributed by atoms with Crippen LogP contribution in [0.3, 0.4) is 0 Å². The van der Waals surface area contributed by atoms with Gasteiger partial charge >= 0.3 is 0 Å². The summed E-state index contributed by atoms with van der Waals surface area (Å²) in [4.78, 5) is 16.4. The van der Waals surface area contributed by atoms with Gasteiger partial charge in [0.2, 0.25) is 5.91 Å². The van der Waals surface area contributed by atoms with Crippen molar-refractivity contribution in [2.24, 2.45) is 7.05 Å². The number of nitrogens with zero attached hydrogens (tertiary/aromatic N) is 5. The van der Waals surface area contributed by atoms with Gasteiger partial charge in [-0.3, -0.25) is 19.1 Å². The molecule has 3 heterocycles. The minimum absolute atomic E-state index is 0.137. The summed E-state index contributed by atoms with van der Waals surface area (Å²) in [5.74, 6) is 0.523. The molecule has 3 rings (SSSR count). The molecular formula is C17H20N6O. The normalized spacial score (nSPS) is 10.8. The monoisotopic (exact) mass is 324 g/mol. The molecule has 0 bridgehead atoms. The average Bonchev–Trinajstić information content (AvgIpc) is 3.15. The zero-order chi connectivity index (χ0) is 16.9. The van der Waals surface area contributed by atoms with Crippen molar-refractivity contribution in [1.82, 2.24) is 24.5 Å². The molecule has 0 atom stereocenters. The topological polar surface area (TPSA) is 77.6 Å². The van der Waals surface area contributed by atoms with Gasteiger partial charge in [0.25, 0.3) is 0 Å². The highest BCUT2D eigenvalue weighted by molar-refractivity contribution is 5.89. The van der Waals surface area contributed by atoms with Crippen LogP contribution in [-0.2, 0) is 24.8 Å². The van der Waals surface area contributed by atoms with Gasteiger partial charge in [-0.05, 0) is 24.1 Å². The van der Waals surface area contributed by atoms with Gasteiger partial charge in [0, 0.05) is 37.3 Å². The molecule has 0 aliphatic rings. The first kappa shape index (κ1) is 15.9. The number of aryl methyl sites for hydroxylation is 2. The van der Waals surface area contributed by atoms with Crippen LogP contribution in [0.5, 0.6) is 0 Å². The summed E-state index contributed by atoms with van der Waals surface area (Å²) >= 11 is 0. The summed E-state index contributed by atoms with van der Waals surface area (Å²) in [7, 11) is 1.78. The van der Waals surface area contributed by atoms with Gasteiger partial charge in [-0.25, -0.2) is 0 Å². The minimum atomic E-state index is -0.137. The second kappa shape index (κ2) is 7.08. The second-order valence-electron chi connectivity index (χ2n) is 5.58. The van der Waals surface area contributed by atoms with Crippen LogP contribution in [-0.4, -0.2) is 30.5 Å². The molecule has 7 nitrogen and oxygen atoms in total. The van der Waals surface area contributed by atoms with Crippen molar-refractivity contribution in [3.8, 4) is 11.3 Å². The number of anilines is 1. The Labute approximate surface area is 140 Å². The maximum absolute atomic E-state index is 12.2. The second-order valence-corrected chi connectivity index (χ2v) is 5.58. The molecule has 0 fully saturated rings. The largest absolute Gasteiger partial charge is 0.309 e. The lowest BCUT2D eigenvalue weighted by Gasteiger charge is -2.05. The Morgan fingerprint density at radius 2 is 2.17 bits per heavy atom. The maximum Gasteiger partial charge on any atom is 0.247 e. The Hall–Kier alpha value is -2.96. The fraction of sp³-hybridized carbons (Fsp3) is 0.294. The summed E-state index contributed by atoms with van der Waals surface area (Å²) in [5, 5.41) is 11.4. The molecule has 0 unspecified atom stereocenters. The molecule has 124 valence electrons. The van der Waals surface area contributed by atoms with Crippen molar-refractivity contribution in [2.75, 3.05) is 5.32 Å². The first-order valence-electron chi connectivity index (χ1n) is 7.92. The molecule has 7 heteroatoms. The zero-order valence-corrected chi connectivity index (χ0v) is 13.8. The van der Waals surface area contributed by atoms with Gasteiger partial charge in [-0.1, -0.05) is 13.3 Å². The van der Waals surface area contributed by atoms with Crippen molar-refractivity contribution < 1.29 is 4.79 Å². The summed E-state index contributed by atoms with van der Waals surface area (Å²) in [6.45, 7) is 2.28. The van der Waals surface area contributed by atoms with E-state index in [1.165, 1.54) is 0 Å². The molecule has 1 amide bonds. The molecule has 0 aromatic carbocycles. The number of hydrogen-bond donors (Lipinski definition) is 1. The fourth-order valence-electron chi connectivity index (χ4n) is 2.57. The van der Waals surface area contributed by atoms with Crippen LogP contribution in [0.15, 0.2) is 43.0 Å². The predicted molar refractivity (Wildman–Crippen MR) is 91.3 cm³/mol. The summed E-state index contributed by atoms with van der Waals surface area (Å²) in [6, 6.07) is 5.62. The number of pyridine rings is 1. The van der Waals surface area contributed by atoms with Crippen LogP contribution in [0.1, 0.15) is 18.9 Å². The van der Waals surface area contributed by atoms with Gasteiger partial charge in [-0.2, -0.15) is 10.2 Å². The lowest BCUT2D eigenvalue weighted by Crippen LogP contribution is -2.20. The number of rotatable bonds is 6. The van der Waals surface area contributed by atoms with Crippen molar-refractivity contribution in [1.29, 1.82) is 0 Å². The van der Waals surface area contributed by atoms with Crippen molar-refractivity contribution >= 4 is 11.7 Å². The molecule has 24 heavy (non-hydrogen) atoms. The third-order valence-electron chi connectivity index (χ3n) is 3.69. The average molecular weight is 324 g/mol. The third kappa shape index (κ3) is 3.51. The minimum Gasteiger partial charge on any atom is -0.309 e. The molecule has 0 saturated carbocycles. The number of amides is 1. The van der Waals surface area contributed by atoms with Crippen LogP contribution in [0.2, 0.25) is 0 Å². The zero-order valence-electron chi connectivity index (χ0n) is 13.8. The number of aromatic nitrogens is 5. The summed E-state index contributed by atoms with van der Waals surface area (Å²) < 4.78 is 3.30. The van der Waals surface area contributed by atoms with Crippen LogP contribution < -0.4 is 5.32 Å². The highest BCUT2D eigenvalue weighted by atomic mass is 16.2. The molecule has 0 radical (unpaired) electrons. The van der Waals surface area contributed by atoms with E-state index in [2.05, 4.69) is 27.4 Å². The quantitative estimate of drug-likeness (QED) is 0.754. The molecule has 0 aliphatic carbocycles. The molecule has 3 aromatic heterocycles. The van der Waals surface area contributed by atoms with E-state index in [1.807, 2.05) is 18.3 Å². The first-order chi connectivity index (χ1) is 11.7. The third-order valence-corrected chi connectivity index (χ3v) is 3.69. The molecule has 0 aliphatic heterocycles. The van der Waals surface area contributed by atoms with Crippen LogP contribution >= 0.6 is 0 Å². The SMILES string of the molecule is CCCc1cn(CC(=O)Nc2ccnn2C)nc1-c1cccnc1. The van der Waals surface area contributed by atoms with Crippen LogP contribution in [0.4, 0.5) is 5.82 Å². The van der Waals surface area contributed by atoms with Crippen LogP contribution in [0.25, 0.3) is 11.3 Å². The van der Waals surface area contributed by atoms with Gasteiger partial charge < -0.3 is 5.32 Å². The first-order valence-corrected chi connectivity index (χ1v) is 7.92. The lowest BCUT2D eigenvalue weighted by atomic mass is 10.1. The number of hydrogen-bond acceptors (Lipinski definition) is 4. The Kier molecular flexibility index (Phi) is 4.69. The lowest BCUT2D eigenvalue weighted by molar-refractivity contribution is -0.116. The van der Waals surface area contributed by atoms with Gasteiger partial charge in [0.05, 0.1) is 11.9 Å². The summed E-state index contributed by atoms with van der Waals surface area (Å²) in [5.41, 5.74) is 2.98. The van der Waals surface area contributed by atoms with Crippen molar-refractivity contribution in [2.45, 2.75) is 26.3 Å². The van der Waals surface area contributed by atoms with E-state index in [0.29, 0.717) is 5.82 Å². The highest BCUT2D eigenvalue weighted by Crippen LogP contribution is 2.22. The molecular weight excluding hydrogens is 304 g/mol. The molecule has 0 saturated heterocycles. The molecule has 1 N–H and O–H groups in total. The van der Waals surface area contributed by atoms with E-state index in [9.17, 15) is 4.79 Å².